The monoisotopic (exact) mass is 274 g/mol. The van der Waals surface area contributed by atoms with Gasteiger partial charge in [-0.15, -0.1) is 11.3 Å². The summed E-state index contributed by atoms with van der Waals surface area (Å²) < 4.78 is 0. The highest BCUT2D eigenvalue weighted by atomic mass is 32.1. The number of nitrogens with two attached hydrogens (primary N) is 2. The van der Waals surface area contributed by atoms with Crippen LogP contribution in [0, 0.1) is 0 Å². The Balaban J connectivity index is 2.38. The van der Waals surface area contributed by atoms with Gasteiger partial charge in [0, 0.05) is 4.88 Å². The van der Waals surface area contributed by atoms with Crippen molar-refractivity contribution in [3.8, 4) is 10.4 Å². The molecule has 2 aromatic rings. The summed E-state index contributed by atoms with van der Waals surface area (Å²) in [7, 11) is 0. The van der Waals surface area contributed by atoms with Crippen LogP contribution in [0.1, 0.15) is 36.0 Å². The third kappa shape index (κ3) is 2.79. The molecule has 1 heterocycles. The van der Waals surface area contributed by atoms with E-state index in [1.54, 1.807) is 6.07 Å². The lowest BCUT2D eigenvalue weighted by Crippen LogP contribution is -2.10. The number of primary amides is 1. The highest BCUT2D eigenvalue weighted by Gasteiger charge is 2.15. The minimum absolute atomic E-state index is 0.130. The normalized spacial score (nSPS) is 11.5. The van der Waals surface area contributed by atoms with Crippen molar-refractivity contribution in [3.05, 3.63) is 40.8 Å². The second kappa shape index (κ2) is 4.70. The summed E-state index contributed by atoms with van der Waals surface area (Å²) >= 11 is 1.33. The van der Waals surface area contributed by atoms with Crippen LogP contribution in [0.25, 0.3) is 10.4 Å². The number of anilines is 1. The molecule has 0 fully saturated rings. The molecule has 0 unspecified atom stereocenters. The quantitative estimate of drug-likeness (QED) is 0.881. The number of amides is 1. The number of hydrogen-bond donors (Lipinski definition) is 2. The summed E-state index contributed by atoms with van der Waals surface area (Å²) in [6.07, 6.45) is 0. The van der Waals surface area contributed by atoms with Crippen LogP contribution in [-0.4, -0.2) is 5.91 Å². The first-order valence-corrected chi connectivity index (χ1v) is 6.90. The lowest BCUT2D eigenvalue weighted by Gasteiger charge is -2.18. The fourth-order valence-corrected chi connectivity index (χ4v) is 2.81. The Bertz CT molecular complexity index is 606. The maximum absolute atomic E-state index is 11.2. The lowest BCUT2D eigenvalue weighted by molar-refractivity contribution is 0.100. The average molecular weight is 274 g/mol. The van der Waals surface area contributed by atoms with Gasteiger partial charge in [-0.2, -0.15) is 0 Å². The van der Waals surface area contributed by atoms with Gasteiger partial charge in [-0.25, -0.2) is 0 Å². The summed E-state index contributed by atoms with van der Waals surface area (Å²) in [4.78, 5) is 12.6. The largest absolute Gasteiger partial charge is 0.397 e. The van der Waals surface area contributed by atoms with Crippen LogP contribution in [0.15, 0.2) is 30.3 Å². The molecule has 0 aliphatic carbocycles. The number of hydrogen-bond acceptors (Lipinski definition) is 3. The van der Waals surface area contributed by atoms with Crippen LogP contribution >= 0.6 is 11.3 Å². The number of thiophene rings is 1. The molecule has 0 aliphatic heterocycles. The standard InChI is InChI=1S/C15H18N2OS/c1-15(2,3)10-6-4-9(5-7-10)12-8-11(16)13(19-12)14(17)18/h4-8H,16H2,1-3H3,(H2,17,18). The third-order valence-corrected chi connectivity index (χ3v) is 4.23. The fourth-order valence-electron chi connectivity index (χ4n) is 1.87. The zero-order valence-corrected chi connectivity index (χ0v) is 12.2. The Morgan fingerprint density at radius 3 is 2.16 bits per heavy atom. The Morgan fingerprint density at radius 1 is 1.16 bits per heavy atom. The van der Waals surface area contributed by atoms with Gasteiger partial charge in [0.15, 0.2) is 0 Å². The smallest absolute Gasteiger partial charge is 0.260 e. The maximum atomic E-state index is 11.2. The molecule has 0 spiro atoms. The van der Waals surface area contributed by atoms with Gasteiger partial charge in [0.2, 0.25) is 0 Å². The Kier molecular flexibility index (Phi) is 3.37. The van der Waals surface area contributed by atoms with Gasteiger partial charge in [-0.3, -0.25) is 4.79 Å². The van der Waals surface area contributed by atoms with Crippen LogP contribution in [0.2, 0.25) is 0 Å². The van der Waals surface area contributed by atoms with Crippen molar-refractivity contribution in [3.63, 3.8) is 0 Å². The number of rotatable bonds is 2. The zero-order valence-electron chi connectivity index (χ0n) is 11.4. The summed E-state index contributed by atoms with van der Waals surface area (Å²) in [5, 5.41) is 0. The molecule has 0 aliphatic rings. The van der Waals surface area contributed by atoms with Crippen LogP contribution in [0.3, 0.4) is 0 Å². The second-order valence-corrected chi connectivity index (χ2v) is 6.64. The molecule has 0 bridgehead atoms. The summed E-state index contributed by atoms with van der Waals surface area (Å²) in [5.41, 5.74) is 14.0. The molecule has 4 heteroatoms. The molecule has 3 nitrogen and oxygen atoms in total. The highest BCUT2D eigenvalue weighted by Crippen LogP contribution is 2.34. The average Bonchev–Trinajstić information content (AvgIpc) is 2.70. The molecule has 100 valence electrons. The molecule has 19 heavy (non-hydrogen) atoms. The van der Waals surface area contributed by atoms with Gasteiger partial charge < -0.3 is 11.5 Å². The van der Waals surface area contributed by atoms with Crippen molar-refractivity contribution in [2.24, 2.45) is 5.73 Å². The van der Waals surface area contributed by atoms with Gasteiger partial charge in [0.25, 0.3) is 5.91 Å². The first-order valence-electron chi connectivity index (χ1n) is 6.09. The predicted octanol–water partition coefficient (Wildman–Crippen LogP) is 3.39. The number of nitrogen functional groups attached to an aromatic ring is 1. The Labute approximate surface area is 117 Å². The van der Waals surface area contributed by atoms with Crippen LogP contribution < -0.4 is 11.5 Å². The van der Waals surface area contributed by atoms with E-state index in [1.807, 2.05) is 0 Å². The van der Waals surface area contributed by atoms with Crippen LogP contribution in [0.4, 0.5) is 5.69 Å². The molecule has 0 radical (unpaired) electrons. The third-order valence-electron chi connectivity index (χ3n) is 3.02. The van der Waals surface area contributed by atoms with Gasteiger partial charge in [0.1, 0.15) is 4.88 Å². The molecular formula is C15H18N2OS. The summed E-state index contributed by atoms with van der Waals surface area (Å²) in [6, 6.07) is 10.1. The van der Waals surface area contributed by atoms with Crippen molar-refractivity contribution in [2.45, 2.75) is 26.2 Å². The molecule has 4 N–H and O–H groups in total. The Hall–Kier alpha value is -1.81. The Morgan fingerprint density at radius 2 is 1.74 bits per heavy atom. The molecule has 0 saturated carbocycles. The van der Waals surface area contributed by atoms with Crippen LogP contribution in [-0.2, 0) is 5.41 Å². The van der Waals surface area contributed by atoms with E-state index < -0.39 is 5.91 Å². The number of carbonyl (C=O) groups excluding carboxylic acids is 1. The van der Waals surface area contributed by atoms with Crippen molar-refractivity contribution < 1.29 is 4.79 Å². The SMILES string of the molecule is CC(C)(C)c1ccc(-c2cc(N)c(C(N)=O)s2)cc1. The van der Waals surface area contributed by atoms with E-state index in [0.29, 0.717) is 10.6 Å². The molecule has 0 saturated heterocycles. The topological polar surface area (TPSA) is 69.1 Å². The van der Waals surface area contributed by atoms with Crippen molar-refractivity contribution in [2.75, 3.05) is 5.73 Å². The van der Waals surface area contributed by atoms with E-state index in [0.717, 1.165) is 10.4 Å². The fraction of sp³-hybridized carbons (Fsp3) is 0.267. The summed E-state index contributed by atoms with van der Waals surface area (Å²) in [5.74, 6) is -0.472. The van der Waals surface area contributed by atoms with E-state index in [1.165, 1.54) is 16.9 Å². The van der Waals surface area contributed by atoms with Crippen molar-refractivity contribution >= 4 is 22.9 Å². The van der Waals surface area contributed by atoms with Crippen molar-refractivity contribution in [1.82, 2.24) is 0 Å². The van der Waals surface area contributed by atoms with Crippen molar-refractivity contribution in [1.29, 1.82) is 0 Å². The van der Waals surface area contributed by atoms with E-state index in [9.17, 15) is 4.79 Å². The highest BCUT2D eigenvalue weighted by molar-refractivity contribution is 7.18. The van der Waals surface area contributed by atoms with Gasteiger partial charge in [0.05, 0.1) is 5.69 Å². The first-order chi connectivity index (χ1) is 8.79. The van der Waals surface area contributed by atoms with E-state index in [4.69, 9.17) is 11.5 Å². The van der Waals surface area contributed by atoms with E-state index >= 15 is 0 Å². The molecule has 2 rings (SSSR count). The molecular weight excluding hydrogens is 256 g/mol. The van der Waals surface area contributed by atoms with Gasteiger partial charge in [-0.05, 0) is 22.6 Å². The predicted molar refractivity (Wildman–Crippen MR) is 81.4 cm³/mol. The minimum Gasteiger partial charge on any atom is -0.397 e. The van der Waals surface area contributed by atoms with Crippen LogP contribution in [0.5, 0.6) is 0 Å². The second-order valence-electron chi connectivity index (χ2n) is 5.59. The summed E-state index contributed by atoms with van der Waals surface area (Å²) in [6.45, 7) is 6.53. The van der Waals surface area contributed by atoms with E-state index in [2.05, 4.69) is 45.0 Å². The molecule has 1 amide bonds. The molecule has 1 aromatic carbocycles. The molecule has 0 atom stereocenters. The first kappa shape index (κ1) is 13.6. The number of benzene rings is 1. The zero-order chi connectivity index (χ0) is 14.2. The lowest BCUT2D eigenvalue weighted by atomic mass is 9.86. The van der Waals surface area contributed by atoms with E-state index in [-0.39, 0.29) is 5.41 Å². The van der Waals surface area contributed by atoms with Gasteiger partial charge in [-0.1, -0.05) is 45.0 Å². The molecule has 1 aromatic heterocycles. The maximum Gasteiger partial charge on any atom is 0.260 e. The van der Waals surface area contributed by atoms with Gasteiger partial charge >= 0.3 is 0 Å². The minimum atomic E-state index is -0.472. The number of carbonyl (C=O) groups is 1.